The number of hydrogen-bond acceptors (Lipinski definition) is 6. The first-order valence-corrected chi connectivity index (χ1v) is 11.4. The maximum absolute atomic E-state index is 12.6. The molecule has 0 N–H and O–H groups in total. The molecular formula is C20H21ClN4OS2. The minimum absolute atomic E-state index is 0.213. The number of carbonyl (C=O) groups is 1. The summed E-state index contributed by atoms with van der Waals surface area (Å²) >= 11 is 9.40. The molecule has 0 aliphatic carbocycles. The number of hydrogen-bond donors (Lipinski definition) is 0. The number of thioether (sulfide) groups is 1. The van der Waals surface area contributed by atoms with Crippen LogP contribution in [0.25, 0.3) is 10.2 Å². The molecule has 1 amide bonds. The number of amides is 1. The van der Waals surface area contributed by atoms with Crippen LogP contribution in [0.2, 0.25) is 5.02 Å². The quantitative estimate of drug-likeness (QED) is 0.439. The number of aryl methyl sites for hydroxylation is 1. The molecule has 0 radical (unpaired) electrons. The van der Waals surface area contributed by atoms with Crippen LogP contribution >= 0.6 is 34.7 Å². The molecule has 28 heavy (non-hydrogen) atoms. The number of carbonyl (C=O) groups excluding carboxylic acids is 1. The number of thiophene rings is 1. The van der Waals surface area contributed by atoms with E-state index in [4.69, 9.17) is 11.6 Å². The van der Waals surface area contributed by atoms with E-state index in [0.717, 1.165) is 57.9 Å². The third-order valence-electron chi connectivity index (χ3n) is 4.78. The van der Waals surface area contributed by atoms with E-state index in [1.54, 1.807) is 29.4 Å². The molecule has 2 aromatic heterocycles. The molecule has 3 aromatic rings. The summed E-state index contributed by atoms with van der Waals surface area (Å²) < 4.78 is 0. The predicted molar refractivity (Wildman–Crippen MR) is 118 cm³/mol. The van der Waals surface area contributed by atoms with Gasteiger partial charge in [0.05, 0.1) is 0 Å². The van der Waals surface area contributed by atoms with Crippen LogP contribution in [0.1, 0.15) is 11.3 Å². The molecule has 0 spiro atoms. The Morgan fingerprint density at radius 3 is 2.82 bits per heavy atom. The number of piperazine rings is 1. The monoisotopic (exact) mass is 432 g/mol. The molecule has 5 nitrogen and oxygen atoms in total. The van der Waals surface area contributed by atoms with Crippen LogP contribution in [0.4, 0.5) is 5.69 Å². The van der Waals surface area contributed by atoms with E-state index in [1.165, 1.54) is 4.88 Å². The fraction of sp³-hybridized carbons (Fsp3) is 0.350. The largest absolute Gasteiger partial charge is 0.368 e. The van der Waals surface area contributed by atoms with Gasteiger partial charge in [0, 0.05) is 59.3 Å². The number of rotatable bonds is 5. The Kier molecular flexibility index (Phi) is 6.04. The molecule has 0 atom stereocenters. The Morgan fingerprint density at radius 2 is 2.04 bits per heavy atom. The topological polar surface area (TPSA) is 49.3 Å². The minimum Gasteiger partial charge on any atom is -0.368 e. The van der Waals surface area contributed by atoms with Gasteiger partial charge in [0.15, 0.2) is 0 Å². The average molecular weight is 433 g/mol. The smallest absolute Gasteiger partial charge is 0.223 e. The maximum atomic E-state index is 12.6. The standard InChI is InChI=1S/C20H21ClN4OS2/c1-14-11-17-19(22-13-23-20(17)28-14)27-10-5-18(26)25-8-6-24(7-9-25)16-4-2-3-15(21)12-16/h2-4,11-13H,5-10H2,1H3. The van der Waals surface area contributed by atoms with E-state index in [1.807, 2.05) is 23.1 Å². The lowest BCUT2D eigenvalue weighted by molar-refractivity contribution is -0.131. The molecule has 1 aliphatic rings. The van der Waals surface area contributed by atoms with Crippen molar-refractivity contribution >= 4 is 56.5 Å². The van der Waals surface area contributed by atoms with Crippen molar-refractivity contribution in [1.29, 1.82) is 0 Å². The van der Waals surface area contributed by atoms with Crippen molar-refractivity contribution in [2.45, 2.75) is 18.4 Å². The highest BCUT2D eigenvalue weighted by Crippen LogP contribution is 2.30. The van der Waals surface area contributed by atoms with Gasteiger partial charge in [-0.2, -0.15) is 0 Å². The SMILES string of the molecule is Cc1cc2c(SCCC(=O)N3CCN(c4cccc(Cl)c4)CC3)ncnc2s1. The lowest BCUT2D eigenvalue weighted by Gasteiger charge is -2.36. The van der Waals surface area contributed by atoms with Gasteiger partial charge in [-0.1, -0.05) is 17.7 Å². The van der Waals surface area contributed by atoms with Gasteiger partial charge < -0.3 is 9.80 Å². The van der Waals surface area contributed by atoms with Crippen LogP contribution in [0.15, 0.2) is 41.7 Å². The van der Waals surface area contributed by atoms with Gasteiger partial charge in [-0.05, 0) is 31.2 Å². The van der Waals surface area contributed by atoms with E-state index in [-0.39, 0.29) is 5.91 Å². The summed E-state index contributed by atoms with van der Waals surface area (Å²) in [5.41, 5.74) is 1.12. The second-order valence-corrected chi connectivity index (χ2v) is 9.46. The van der Waals surface area contributed by atoms with Crippen molar-refractivity contribution < 1.29 is 4.79 Å². The number of anilines is 1. The average Bonchev–Trinajstić information content (AvgIpc) is 3.09. The number of halogens is 1. The van der Waals surface area contributed by atoms with Gasteiger partial charge in [0.1, 0.15) is 16.2 Å². The Morgan fingerprint density at radius 1 is 1.21 bits per heavy atom. The van der Waals surface area contributed by atoms with E-state index >= 15 is 0 Å². The van der Waals surface area contributed by atoms with Gasteiger partial charge in [-0.25, -0.2) is 9.97 Å². The number of fused-ring (bicyclic) bond motifs is 1. The zero-order valence-corrected chi connectivity index (χ0v) is 18.0. The molecule has 0 saturated carbocycles. The molecule has 1 aliphatic heterocycles. The summed E-state index contributed by atoms with van der Waals surface area (Å²) in [7, 11) is 0. The van der Waals surface area contributed by atoms with Crippen molar-refractivity contribution in [3.63, 3.8) is 0 Å². The zero-order chi connectivity index (χ0) is 19.5. The van der Waals surface area contributed by atoms with Crippen LogP contribution in [0.3, 0.4) is 0 Å². The van der Waals surface area contributed by atoms with Crippen LogP contribution < -0.4 is 4.90 Å². The van der Waals surface area contributed by atoms with E-state index in [0.29, 0.717) is 6.42 Å². The maximum Gasteiger partial charge on any atom is 0.223 e. The second kappa shape index (κ2) is 8.68. The minimum atomic E-state index is 0.213. The molecule has 0 bridgehead atoms. The molecule has 0 unspecified atom stereocenters. The lowest BCUT2D eigenvalue weighted by Crippen LogP contribution is -2.48. The summed E-state index contributed by atoms with van der Waals surface area (Å²) in [5.74, 6) is 0.944. The van der Waals surface area contributed by atoms with Crippen molar-refractivity contribution in [3.05, 3.63) is 46.6 Å². The van der Waals surface area contributed by atoms with Crippen molar-refractivity contribution in [1.82, 2.24) is 14.9 Å². The van der Waals surface area contributed by atoms with Crippen molar-refractivity contribution in [2.75, 3.05) is 36.8 Å². The van der Waals surface area contributed by atoms with Crippen LogP contribution in [-0.2, 0) is 4.79 Å². The third kappa shape index (κ3) is 4.42. The molecular weight excluding hydrogens is 412 g/mol. The summed E-state index contributed by atoms with van der Waals surface area (Å²) in [6.07, 6.45) is 2.13. The first kappa shape index (κ1) is 19.5. The first-order chi connectivity index (χ1) is 13.6. The van der Waals surface area contributed by atoms with E-state index in [9.17, 15) is 4.79 Å². The Labute approximate surface area is 177 Å². The fourth-order valence-electron chi connectivity index (χ4n) is 3.35. The summed E-state index contributed by atoms with van der Waals surface area (Å²) in [6.45, 7) is 5.24. The van der Waals surface area contributed by atoms with E-state index in [2.05, 4.69) is 33.9 Å². The number of aromatic nitrogens is 2. The summed E-state index contributed by atoms with van der Waals surface area (Å²) in [6, 6.07) is 10.0. The lowest BCUT2D eigenvalue weighted by atomic mass is 10.2. The van der Waals surface area contributed by atoms with Gasteiger partial charge in [0.25, 0.3) is 0 Å². The van der Waals surface area contributed by atoms with Crippen LogP contribution in [-0.4, -0.2) is 52.7 Å². The second-order valence-electron chi connectivity index (χ2n) is 6.70. The van der Waals surface area contributed by atoms with E-state index < -0.39 is 0 Å². The van der Waals surface area contributed by atoms with Gasteiger partial charge >= 0.3 is 0 Å². The number of benzene rings is 1. The summed E-state index contributed by atoms with van der Waals surface area (Å²) in [4.78, 5) is 27.8. The normalized spacial score (nSPS) is 14.6. The molecule has 8 heteroatoms. The highest BCUT2D eigenvalue weighted by molar-refractivity contribution is 7.99. The van der Waals surface area contributed by atoms with Gasteiger partial charge in [-0.3, -0.25) is 4.79 Å². The highest BCUT2D eigenvalue weighted by atomic mass is 35.5. The Bertz CT molecular complexity index is 985. The summed E-state index contributed by atoms with van der Waals surface area (Å²) in [5, 5.41) is 2.80. The fourth-order valence-corrected chi connectivity index (χ4v) is 5.35. The zero-order valence-electron chi connectivity index (χ0n) is 15.6. The van der Waals surface area contributed by atoms with Crippen molar-refractivity contribution in [2.24, 2.45) is 0 Å². The number of nitrogens with zero attached hydrogens (tertiary/aromatic N) is 4. The van der Waals surface area contributed by atoms with Crippen molar-refractivity contribution in [3.8, 4) is 0 Å². The third-order valence-corrected chi connectivity index (χ3v) is 6.98. The Hall–Kier alpha value is -1.83. The molecule has 1 saturated heterocycles. The molecule has 4 rings (SSSR count). The van der Waals surface area contributed by atoms with Crippen LogP contribution in [0.5, 0.6) is 0 Å². The van der Waals surface area contributed by atoms with Gasteiger partial charge in [0.2, 0.25) is 5.91 Å². The first-order valence-electron chi connectivity index (χ1n) is 9.22. The van der Waals surface area contributed by atoms with Crippen LogP contribution in [0, 0.1) is 6.92 Å². The molecule has 146 valence electrons. The highest BCUT2D eigenvalue weighted by Gasteiger charge is 2.21. The predicted octanol–water partition coefficient (Wildman–Crippen LogP) is 4.48. The van der Waals surface area contributed by atoms with Gasteiger partial charge in [-0.15, -0.1) is 23.1 Å². The molecule has 1 fully saturated rings. The molecule has 1 aromatic carbocycles. The Balaban J connectivity index is 1.28. The molecule has 3 heterocycles.